The third-order valence-electron chi connectivity index (χ3n) is 3.48. The second-order valence-electron chi connectivity index (χ2n) is 4.93. The van der Waals surface area contributed by atoms with Crippen LogP contribution in [0.3, 0.4) is 0 Å². The standard InChI is InChI=1S/C17H12N2O5/c1-22-15-6-11(7-16-17(15)24-10-23-16)5-13(9-18)12-3-2-4-14(8-12)19(20)21/h2-8H,10H2,1H3/b13-5-. The van der Waals surface area contributed by atoms with Crippen LogP contribution in [0.1, 0.15) is 11.1 Å². The van der Waals surface area contributed by atoms with E-state index in [0.717, 1.165) is 0 Å². The van der Waals surface area contributed by atoms with Crippen LogP contribution in [0, 0.1) is 21.4 Å². The van der Waals surface area contributed by atoms with Gasteiger partial charge in [0.1, 0.15) is 0 Å². The molecule has 1 aliphatic heterocycles. The molecule has 0 amide bonds. The minimum Gasteiger partial charge on any atom is -0.493 e. The molecule has 0 saturated heterocycles. The van der Waals surface area contributed by atoms with E-state index in [1.165, 1.54) is 19.2 Å². The Kier molecular flexibility index (Phi) is 4.03. The van der Waals surface area contributed by atoms with E-state index in [1.807, 2.05) is 0 Å². The first-order valence-corrected chi connectivity index (χ1v) is 6.96. The smallest absolute Gasteiger partial charge is 0.270 e. The van der Waals surface area contributed by atoms with Gasteiger partial charge < -0.3 is 14.2 Å². The zero-order chi connectivity index (χ0) is 17.1. The van der Waals surface area contributed by atoms with Crippen molar-refractivity contribution in [1.82, 2.24) is 0 Å². The van der Waals surface area contributed by atoms with Crippen molar-refractivity contribution in [2.45, 2.75) is 0 Å². The van der Waals surface area contributed by atoms with E-state index in [4.69, 9.17) is 14.2 Å². The molecule has 7 nitrogen and oxygen atoms in total. The Bertz CT molecular complexity index is 883. The lowest BCUT2D eigenvalue weighted by Gasteiger charge is -2.06. The Balaban J connectivity index is 2.04. The molecule has 0 bridgehead atoms. The molecule has 0 aromatic heterocycles. The van der Waals surface area contributed by atoms with Crippen LogP contribution in [-0.4, -0.2) is 18.8 Å². The molecule has 1 heterocycles. The summed E-state index contributed by atoms with van der Waals surface area (Å²) in [6, 6.07) is 11.4. The predicted molar refractivity (Wildman–Crippen MR) is 85.7 cm³/mol. The van der Waals surface area contributed by atoms with Gasteiger partial charge in [0.15, 0.2) is 11.5 Å². The number of methoxy groups -OCH3 is 1. The Morgan fingerprint density at radius 2 is 2.21 bits per heavy atom. The molecule has 0 aliphatic carbocycles. The van der Waals surface area contributed by atoms with Crippen molar-refractivity contribution < 1.29 is 19.1 Å². The Labute approximate surface area is 137 Å². The first-order chi connectivity index (χ1) is 11.6. The van der Waals surface area contributed by atoms with Gasteiger partial charge in [0.25, 0.3) is 5.69 Å². The number of benzene rings is 2. The molecule has 0 spiro atoms. The summed E-state index contributed by atoms with van der Waals surface area (Å²) < 4.78 is 15.9. The summed E-state index contributed by atoms with van der Waals surface area (Å²) in [5.74, 6) is 1.54. The molecule has 2 aromatic carbocycles. The molecule has 0 saturated carbocycles. The van der Waals surface area contributed by atoms with E-state index in [9.17, 15) is 15.4 Å². The van der Waals surface area contributed by atoms with E-state index in [-0.39, 0.29) is 12.5 Å². The first-order valence-electron chi connectivity index (χ1n) is 6.96. The summed E-state index contributed by atoms with van der Waals surface area (Å²) in [7, 11) is 1.51. The molecule has 1 aliphatic rings. The van der Waals surface area contributed by atoms with Crippen LogP contribution in [0.2, 0.25) is 0 Å². The fourth-order valence-electron chi connectivity index (χ4n) is 2.37. The summed E-state index contributed by atoms with van der Waals surface area (Å²) in [4.78, 5) is 10.4. The molecule has 120 valence electrons. The van der Waals surface area contributed by atoms with Gasteiger partial charge in [0, 0.05) is 12.1 Å². The number of nitrogens with zero attached hydrogens (tertiary/aromatic N) is 2. The number of allylic oxidation sites excluding steroid dienone is 1. The molecule has 0 fully saturated rings. The Hall–Kier alpha value is -3.53. The van der Waals surface area contributed by atoms with Crippen LogP contribution in [0.5, 0.6) is 17.2 Å². The number of fused-ring (bicyclic) bond motifs is 1. The highest BCUT2D eigenvalue weighted by molar-refractivity contribution is 5.90. The maximum Gasteiger partial charge on any atom is 0.270 e. The molecule has 2 aromatic rings. The van der Waals surface area contributed by atoms with Crippen molar-refractivity contribution in [3.05, 3.63) is 57.6 Å². The van der Waals surface area contributed by atoms with Gasteiger partial charge in [-0.05, 0) is 29.3 Å². The van der Waals surface area contributed by atoms with E-state index < -0.39 is 4.92 Å². The van der Waals surface area contributed by atoms with Crippen LogP contribution in [0.25, 0.3) is 11.6 Å². The number of rotatable bonds is 4. The van der Waals surface area contributed by atoms with Crippen molar-refractivity contribution in [1.29, 1.82) is 5.26 Å². The summed E-state index contributed by atoms with van der Waals surface area (Å²) >= 11 is 0. The van der Waals surface area contributed by atoms with E-state index >= 15 is 0 Å². The highest BCUT2D eigenvalue weighted by Gasteiger charge is 2.20. The minimum atomic E-state index is -0.498. The average molecular weight is 324 g/mol. The van der Waals surface area contributed by atoms with Crippen molar-refractivity contribution in [2.24, 2.45) is 0 Å². The minimum absolute atomic E-state index is 0.0723. The van der Waals surface area contributed by atoms with Crippen LogP contribution in [-0.2, 0) is 0 Å². The molecule has 24 heavy (non-hydrogen) atoms. The number of ether oxygens (including phenoxy) is 3. The molecule has 0 radical (unpaired) electrons. The number of nitriles is 1. The zero-order valence-electron chi connectivity index (χ0n) is 12.7. The van der Waals surface area contributed by atoms with Gasteiger partial charge in [-0.1, -0.05) is 12.1 Å². The average Bonchev–Trinajstić information content (AvgIpc) is 3.07. The third kappa shape index (κ3) is 2.85. The van der Waals surface area contributed by atoms with Gasteiger partial charge in [-0.3, -0.25) is 10.1 Å². The monoisotopic (exact) mass is 324 g/mol. The van der Waals surface area contributed by atoms with Crippen LogP contribution in [0.15, 0.2) is 36.4 Å². The quantitative estimate of drug-likeness (QED) is 0.370. The SMILES string of the molecule is COc1cc(/C=C(/C#N)c2cccc([N+](=O)[O-])c2)cc2c1OCO2. The number of hydrogen-bond acceptors (Lipinski definition) is 6. The molecule has 0 unspecified atom stereocenters. The molecular formula is C17H12N2O5. The van der Waals surface area contributed by atoms with Crippen molar-refractivity contribution in [3.63, 3.8) is 0 Å². The largest absolute Gasteiger partial charge is 0.493 e. The molecular weight excluding hydrogens is 312 g/mol. The molecule has 3 rings (SSSR count). The Morgan fingerprint density at radius 1 is 1.38 bits per heavy atom. The summed E-state index contributed by atoms with van der Waals surface area (Å²) in [5.41, 5.74) is 1.35. The number of nitro benzene ring substituents is 1. The highest BCUT2D eigenvalue weighted by atomic mass is 16.7. The zero-order valence-corrected chi connectivity index (χ0v) is 12.7. The number of nitro groups is 1. The second kappa shape index (κ2) is 6.30. The fourth-order valence-corrected chi connectivity index (χ4v) is 2.37. The topological polar surface area (TPSA) is 94.6 Å². The molecule has 0 atom stereocenters. The summed E-state index contributed by atoms with van der Waals surface area (Å²) in [6.45, 7) is 0.106. The number of hydrogen-bond donors (Lipinski definition) is 0. The lowest BCUT2D eigenvalue weighted by Crippen LogP contribution is -1.93. The van der Waals surface area contributed by atoms with Crippen molar-refractivity contribution >= 4 is 17.3 Å². The van der Waals surface area contributed by atoms with Crippen LogP contribution < -0.4 is 14.2 Å². The van der Waals surface area contributed by atoms with E-state index in [2.05, 4.69) is 6.07 Å². The number of non-ortho nitro benzene ring substituents is 1. The lowest BCUT2D eigenvalue weighted by molar-refractivity contribution is -0.384. The first kappa shape index (κ1) is 15.4. The van der Waals surface area contributed by atoms with Gasteiger partial charge in [0.05, 0.1) is 23.7 Å². The molecule has 7 heteroatoms. The summed E-state index contributed by atoms with van der Waals surface area (Å²) in [6.07, 6.45) is 1.61. The predicted octanol–water partition coefficient (Wildman–Crippen LogP) is 3.40. The van der Waals surface area contributed by atoms with Crippen LogP contribution >= 0.6 is 0 Å². The van der Waals surface area contributed by atoms with Gasteiger partial charge in [-0.15, -0.1) is 0 Å². The van der Waals surface area contributed by atoms with Gasteiger partial charge >= 0.3 is 0 Å². The third-order valence-corrected chi connectivity index (χ3v) is 3.48. The normalized spacial score (nSPS) is 12.6. The van der Waals surface area contributed by atoms with Gasteiger partial charge in [-0.2, -0.15) is 5.26 Å². The van der Waals surface area contributed by atoms with Gasteiger partial charge in [-0.25, -0.2) is 0 Å². The van der Waals surface area contributed by atoms with E-state index in [1.54, 1.807) is 30.3 Å². The maximum atomic E-state index is 10.9. The highest BCUT2D eigenvalue weighted by Crippen LogP contribution is 2.42. The maximum absolute atomic E-state index is 10.9. The summed E-state index contributed by atoms with van der Waals surface area (Å²) in [5, 5.41) is 20.3. The van der Waals surface area contributed by atoms with Crippen LogP contribution in [0.4, 0.5) is 5.69 Å². The Morgan fingerprint density at radius 3 is 2.92 bits per heavy atom. The van der Waals surface area contributed by atoms with Crippen molar-refractivity contribution in [2.75, 3.05) is 13.9 Å². The molecule has 0 N–H and O–H groups in total. The van der Waals surface area contributed by atoms with E-state index in [0.29, 0.717) is 33.9 Å². The second-order valence-corrected chi connectivity index (χ2v) is 4.93. The lowest BCUT2D eigenvalue weighted by atomic mass is 10.0. The van der Waals surface area contributed by atoms with Gasteiger partial charge in [0.2, 0.25) is 12.5 Å². The fraction of sp³-hybridized carbons (Fsp3) is 0.118. The van der Waals surface area contributed by atoms with Crippen molar-refractivity contribution in [3.8, 4) is 23.3 Å².